The highest BCUT2D eigenvalue weighted by atomic mass is 32.2. The van der Waals surface area contributed by atoms with Crippen molar-refractivity contribution in [1.82, 2.24) is 9.80 Å². The van der Waals surface area contributed by atoms with Gasteiger partial charge in [0.25, 0.3) is 0 Å². The van der Waals surface area contributed by atoms with Crippen LogP contribution in [0, 0.1) is 0 Å². The average molecular weight is 721 g/mol. The summed E-state index contributed by atoms with van der Waals surface area (Å²) in [6.07, 6.45) is 3.15. The van der Waals surface area contributed by atoms with Gasteiger partial charge in [-0.25, -0.2) is 26.2 Å². The van der Waals surface area contributed by atoms with E-state index in [0.717, 1.165) is 18.1 Å². The van der Waals surface area contributed by atoms with E-state index in [-0.39, 0.29) is 42.4 Å². The number of benzene rings is 3. The fourth-order valence-corrected chi connectivity index (χ4v) is 8.91. The van der Waals surface area contributed by atoms with E-state index in [1.165, 1.54) is 58.3 Å². The van der Waals surface area contributed by atoms with Crippen molar-refractivity contribution in [3.05, 3.63) is 84.4 Å². The van der Waals surface area contributed by atoms with E-state index >= 15 is 0 Å². The van der Waals surface area contributed by atoms with E-state index < -0.39 is 51.5 Å². The number of sulfonamides is 2. The van der Waals surface area contributed by atoms with Gasteiger partial charge in [0.2, 0.25) is 26.0 Å². The van der Waals surface area contributed by atoms with Crippen molar-refractivity contribution >= 4 is 51.0 Å². The quantitative estimate of drug-likeness (QED) is 0.246. The lowest BCUT2D eigenvalue weighted by Crippen LogP contribution is -2.49. The van der Waals surface area contributed by atoms with Gasteiger partial charge in [0, 0.05) is 24.5 Å². The Morgan fingerprint density at radius 3 is 1.77 bits per heavy atom. The second-order valence-electron chi connectivity index (χ2n) is 11.6. The van der Waals surface area contributed by atoms with Gasteiger partial charge in [-0.15, -0.1) is 0 Å². The molecule has 0 saturated carbocycles. The number of likely N-dealkylation sites (tertiary alicyclic amines) is 2. The Morgan fingerprint density at radius 2 is 1.25 bits per heavy atom. The first kappa shape index (κ1) is 35.0. The van der Waals surface area contributed by atoms with Crippen LogP contribution in [0.25, 0.3) is 0 Å². The van der Waals surface area contributed by atoms with Crippen molar-refractivity contribution in [2.45, 2.75) is 44.1 Å². The number of hydrogen-bond donors (Lipinski definition) is 2. The van der Waals surface area contributed by atoms with Gasteiger partial charge in [-0.3, -0.25) is 19.1 Å². The van der Waals surface area contributed by atoms with Gasteiger partial charge >= 0.3 is 13.7 Å². The lowest BCUT2D eigenvalue weighted by molar-refractivity contribution is -0.135. The number of amides is 2. The van der Waals surface area contributed by atoms with Crippen molar-refractivity contribution in [2.75, 3.05) is 35.0 Å². The van der Waals surface area contributed by atoms with Crippen molar-refractivity contribution in [2.24, 2.45) is 0 Å². The van der Waals surface area contributed by atoms with Crippen LogP contribution in [0.2, 0.25) is 0 Å². The molecule has 17 heteroatoms. The first-order valence-corrected chi connectivity index (χ1v) is 20.5. The van der Waals surface area contributed by atoms with E-state index in [4.69, 9.17) is 13.8 Å². The van der Waals surface area contributed by atoms with E-state index in [9.17, 15) is 31.0 Å². The lowest BCUT2D eigenvalue weighted by atomic mass is 10.2. The van der Waals surface area contributed by atoms with E-state index in [1.54, 1.807) is 0 Å². The van der Waals surface area contributed by atoms with Gasteiger partial charge in [0.15, 0.2) is 5.78 Å². The molecule has 14 nitrogen and oxygen atoms in total. The second-order valence-corrected chi connectivity index (χ2v) is 17.1. The van der Waals surface area contributed by atoms with Crippen LogP contribution in [0.4, 0.5) is 16.2 Å². The Bertz CT molecular complexity index is 1790. The lowest BCUT2D eigenvalue weighted by Gasteiger charge is -2.34. The van der Waals surface area contributed by atoms with Gasteiger partial charge in [-0.2, -0.15) is 0 Å². The first-order valence-electron chi connectivity index (χ1n) is 15.1. The molecule has 0 radical (unpaired) electrons. The molecule has 3 aromatic carbocycles. The highest BCUT2D eigenvalue weighted by Gasteiger charge is 2.50. The minimum atomic E-state index is -4.28. The monoisotopic (exact) mass is 720 g/mol. The Kier molecular flexibility index (Phi) is 10.6. The zero-order valence-corrected chi connectivity index (χ0v) is 28.9. The molecule has 48 heavy (non-hydrogen) atoms. The summed E-state index contributed by atoms with van der Waals surface area (Å²) >= 11 is 0. The molecular formula is C31H37N4O10PS2. The Balaban J connectivity index is 1.38. The number of ether oxygens (including phenoxy) is 1. The predicted molar refractivity (Wildman–Crippen MR) is 180 cm³/mol. The Hall–Kier alpha value is -4.27. The minimum absolute atomic E-state index is 0.0529. The molecule has 2 saturated heterocycles. The minimum Gasteiger partial charge on any atom is -0.445 e. The first-order chi connectivity index (χ1) is 22.7. The van der Waals surface area contributed by atoms with Gasteiger partial charge < -0.3 is 18.7 Å². The van der Waals surface area contributed by atoms with Crippen molar-refractivity contribution < 1.29 is 44.8 Å². The van der Waals surface area contributed by atoms with Crippen LogP contribution in [-0.4, -0.2) is 76.1 Å². The summed E-state index contributed by atoms with van der Waals surface area (Å²) in [7, 11) is -11.4. The van der Waals surface area contributed by atoms with Crippen LogP contribution < -0.4 is 18.5 Å². The fourth-order valence-electron chi connectivity index (χ4n) is 5.60. The van der Waals surface area contributed by atoms with Gasteiger partial charge in [0.05, 0.1) is 12.5 Å². The van der Waals surface area contributed by atoms with Crippen LogP contribution in [0.3, 0.4) is 0 Å². The smallest absolute Gasteiger partial charge is 0.445 e. The van der Waals surface area contributed by atoms with Crippen LogP contribution in [-0.2, 0) is 40.7 Å². The number of carbonyl (C=O) groups excluding carboxylic acids is 2. The van der Waals surface area contributed by atoms with Crippen molar-refractivity contribution in [1.29, 1.82) is 0 Å². The number of anilines is 2. The average Bonchev–Trinajstić information content (AvgIpc) is 3.72. The Labute approximate surface area is 280 Å². The molecule has 0 bridgehead atoms. The van der Waals surface area contributed by atoms with Crippen molar-refractivity contribution in [3.8, 4) is 11.5 Å². The number of hydrogen-bond acceptors (Lipinski definition) is 10. The van der Waals surface area contributed by atoms with E-state index in [0.29, 0.717) is 25.8 Å². The summed E-state index contributed by atoms with van der Waals surface area (Å²) in [5.41, 5.74) is 1.32. The highest BCUT2D eigenvalue weighted by molar-refractivity contribution is 7.92. The number of carbonyl (C=O) groups is 2. The summed E-state index contributed by atoms with van der Waals surface area (Å²) < 4.78 is 83.7. The van der Waals surface area contributed by atoms with Crippen LogP contribution in [0.1, 0.15) is 31.2 Å². The molecule has 2 atom stereocenters. The fraction of sp³-hybridized carbons (Fsp3) is 0.355. The molecule has 5 rings (SSSR count). The molecule has 0 aromatic heterocycles. The standard InChI is InChI=1S/C31H37N4O10PS2/c1-47(39,40)32-24-12-16-26(17-13-24)44-46(38,45-27-18-14-25(15-19-27)33-48(2,41)42)29-11-7-21-35(29)30(36)28-10-6-20-34(28)31(37)43-22-23-8-4-3-5-9-23/h3-5,8-9,12-19,28-29,32-33H,6-7,10-11,20-22H2,1-2H3/t28-,29+/m0/s1. The summed E-state index contributed by atoms with van der Waals surface area (Å²) in [6, 6.07) is 19.8. The maximum absolute atomic E-state index is 14.8. The molecule has 2 fully saturated rings. The maximum Gasteiger partial charge on any atom is 0.453 e. The molecular weight excluding hydrogens is 683 g/mol. The van der Waals surface area contributed by atoms with Crippen LogP contribution in [0.15, 0.2) is 78.9 Å². The number of rotatable bonds is 12. The normalized spacial score (nSPS) is 18.3. The summed E-state index contributed by atoms with van der Waals surface area (Å²) in [5.74, 6) is -1.24. The highest BCUT2D eigenvalue weighted by Crippen LogP contribution is 2.57. The van der Waals surface area contributed by atoms with Crippen LogP contribution >= 0.6 is 7.60 Å². The van der Waals surface area contributed by atoms with E-state index in [2.05, 4.69) is 9.44 Å². The third-order valence-electron chi connectivity index (χ3n) is 7.63. The molecule has 0 aliphatic carbocycles. The molecule has 0 spiro atoms. The summed E-state index contributed by atoms with van der Waals surface area (Å²) in [6.45, 7) is 0.629. The number of nitrogens with one attached hydrogen (secondary N) is 2. The third kappa shape index (κ3) is 9.20. The largest absolute Gasteiger partial charge is 0.453 e. The molecule has 2 N–H and O–H groups in total. The van der Waals surface area contributed by atoms with E-state index in [1.807, 2.05) is 30.3 Å². The van der Waals surface area contributed by atoms with Gasteiger partial charge in [-0.1, -0.05) is 30.3 Å². The molecule has 3 aromatic rings. The Morgan fingerprint density at radius 1 is 0.750 bits per heavy atom. The van der Waals surface area contributed by atoms with Crippen molar-refractivity contribution in [3.63, 3.8) is 0 Å². The predicted octanol–water partition coefficient (Wildman–Crippen LogP) is 4.83. The summed E-state index contributed by atoms with van der Waals surface area (Å²) in [4.78, 5) is 30.0. The molecule has 0 unspecified atom stereocenters. The zero-order chi connectivity index (χ0) is 34.5. The molecule has 2 heterocycles. The van der Waals surface area contributed by atoms with Gasteiger partial charge in [-0.05, 0) is 79.8 Å². The maximum atomic E-state index is 14.8. The third-order valence-corrected chi connectivity index (χ3v) is 11.0. The molecule has 258 valence electrons. The summed E-state index contributed by atoms with van der Waals surface area (Å²) in [5, 5.41) is 0. The van der Waals surface area contributed by atoms with Gasteiger partial charge in [0.1, 0.15) is 24.1 Å². The SMILES string of the molecule is CS(=O)(=O)Nc1ccc(OP(=O)(Oc2ccc(NS(C)(=O)=O)cc2)[C@@H]2CCCN2C(=O)[C@@H]2CCCN2C(=O)OCc2ccccc2)cc1. The molecule has 2 aliphatic rings. The molecule has 2 amide bonds. The number of nitrogens with zero attached hydrogens (tertiary/aromatic N) is 2. The topological polar surface area (TPSA) is 178 Å². The van der Waals surface area contributed by atoms with Crippen LogP contribution in [0.5, 0.6) is 11.5 Å². The second kappa shape index (κ2) is 14.5. The molecule has 2 aliphatic heterocycles. The zero-order valence-electron chi connectivity index (χ0n) is 26.4.